The number of unbranched alkanes of at least 4 members (excludes halogenated alkanes) is 2. The van der Waals surface area contributed by atoms with E-state index in [9.17, 15) is 4.79 Å². The predicted molar refractivity (Wildman–Crippen MR) is 93.1 cm³/mol. The number of H-pyrrole nitrogens is 1. The van der Waals surface area contributed by atoms with Gasteiger partial charge in [-0.25, -0.2) is 0 Å². The third-order valence-electron chi connectivity index (χ3n) is 4.30. The van der Waals surface area contributed by atoms with Gasteiger partial charge in [0.05, 0.1) is 6.42 Å². The van der Waals surface area contributed by atoms with Crippen LogP contribution in [0.5, 0.6) is 0 Å². The Kier molecular flexibility index (Phi) is 5.64. The van der Waals surface area contributed by atoms with Crippen molar-refractivity contribution in [3.05, 3.63) is 35.5 Å². The molecule has 0 atom stereocenters. The Labute approximate surface area is 133 Å². The molecule has 0 saturated heterocycles. The Morgan fingerprint density at radius 1 is 1.23 bits per heavy atom. The van der Waals surface area contributed by atoms with E-state index in [-0.39, 0.29) is 11.9 Å². The molecule has 0 radical (unpaired) electrons. The first kappa shape index (κ1) is 16.6. The quantitative estimate of drug-likeness (QED) is 0.754. The summed E-state index contributed by atoms with van der Waals surface area (Å²) in [6.45, 7) is 9.32. The van der Waals surface area contributed by atoms with Gasteiger partial charge in [0.2, 0.25) is 5.91 Å². The summed E-state index contributed by atoms with van der Waals surface area (Å²) in [6.07, 6.45) is 3.94. The highest BCUT2D eigenvalue weighted by molar-refractivity contribution is 5.90. The number of carbonyl (C=O) groups is 1. The lowest BCUT2D eigenvalue weighted by molar-refractivity contribution is -0.132. The number of para-hydroxylation sites is 1. The molecular weight excluding hydrogens is 272 g/mol. The lowest BCUT2D eigenvalue weighted by atomic mass is 10.1. The van der Waals surface area contributed by atoms with Crippen molar-refractivity contribution >= 4 is 16.8 Å². The van der Waals surface area contributed by atoms with Crippen molar-refractivity contribution in [2.24, 2.45) is 0 Å². The summed E-state index contributed by atoms with van der Waals surface area (Å²) >= 11 is 0. The number of nitrogens with one attached hydrogen (secondary N) is 1. The van der Waals surface area contributed by atoms with Crippen LogP contribution >= 0.6 is 0 Å². The van der Waals surface area contributed by atoms with Gasteiger partial charge in [-0.05, 0) is 38.8 Å². The van der Waals surface area contributed by atoms with E-state index in [1.807, 2.05) is 17.0 Å². The second kappa shape index (κ2) is 7.48. The summed E-state index contributed by atoms with van der Waals surface area (Å²) in [5.74, 6) is 0.235. The SMILES string of the molecule is CCCCCN(C(=O)Cc1c(C)[nH]c2ccccc12)C(C)C. The molecule has 22 heavy (non-hydrogen) atoms. The van der Waals surface area contributed by atoms with Crippen LogP contribution in [0.2, 0.25) is 0 Å². The van der Waals surface area contributed by atoms with Crippen molar-refractivity contribution in [3.63, 3.8) is 0 Å². The number of hydrogen-bond donors (Lipinski definition) is 1. The van der Waals surface area contributed by atoms with Gasteiger partial charge in [-0.3, -0.25) is 4.79 Å². The molecule has 120 valence electrons. The van der Waals surface area contributed by atoms with Gasteiger partial charge in [-0.2, -0.15) is 0 Å². The van der Waals surface area contributed by atoms with E-state index < -0.39 is 0 Å². The molecule has 1 heterocycles. The van der Waals surface area contributed by atoms with Gasteiger partial charge >= 0.3 is 0 Å². The van der Waals surface area contributed by atoms with Crippen LogP contribution in [0.15, 0.2) is 24.3 Å². The fraction of sp³-hybridized carbons (Fsp3) is 0.526. The van der Waals surface area contributed by atoms with Gasteiger partial charge in [0, 0.05) is 29.2 Å². The highest BCUT2D eigenvalue weighted by atomic mass is 16.2. The van der Waals surface area contributed by atoms with Crippen molar-refractivity contribution in [3.8, 4) is 0 Å². The fourth-order valence-corrected chi connectivity index (χ4v) is 3.02. The molecule has 0 aliphatic carbocycles. The predicted octanol–water partition coefficient (Wildman–Crippen LogP) is 4.45. The Bertz CT molecular complexity index is 627. The number of hydrogen-bond acceptors (Lipinski definition) is 1. The average molecular weight is 300 g/mol. The maximum atomic E-state index is 12.8. The summed E-state index contributed by atoms with van der Waals surface area (Å²) in [5.41, 5.74) is 3.36. The zero-order chi connectivity index (χ0) is 16.1. The minimum absolute atomic E-state index is 0.235. The third kappa shape index (κ3) is 3.70. The van der Waals surface area contributed by atoms with E-state index >= 15 is 0 Å². The number of aromatic amines is 1. The van der Waals surface area contributed by atoms with E-state index in [0.717, 1.165) is 29.7 Å². The van der Waals surface area contributed by atoms with Gasteiger partial charge in [0.25, 0.3) is 0 Å². The number of nitrogens with zero attached hydrogens (tertiary/aromatic N) is 1. The van der Waals surface area contributed by atoms with Gasteiger partial charge in [0.15, 0.2) is 0 Å². The second-order valence-corrected chi connectivity index (χ2v) is 6.34. The molecule has 3 heteroatoms. The normalized spacial score (nSPS) is 11.3. The molecule has 0 spiro atoms. The monoisotopic (exact) mass is 300 g/mol. The minimum atomic E-state index is 0.235. The number of benzene rings is 1. The average Bonchev–Trinajstić information content (AvgIpc) is 2.79. The van der Waals surface area contributed by atoms with Crippen LogP contribution in [-0.4, -0.2) is 28.4 Å². The lowest BCUT2D eigenvalue weighted by Gasteiger charge is -2.27. The zero-order valence-corrected chi connectivity index (χ0v) is 14.3. The summed E-state index contributed by atoms with van der Waals surface area (Å²) < 4.78 is 0. The summed E-state index contributed by atoms with van der Waals surface area (Å²) in [7, 11) is 0. The van der Waals surface area contributed by atoms with Gasteiger partial charge in [-0.1, -0.05) is 38.0 Å². The van der Waals surface area contributed by atoms with Crippen molar-refractivity contribution < 1.29 is 4.79 Å². The Morgan fingerprint density at radius 3 is 2.64 bits per heavy atom. The molecule has 2 aromatic rings. The van der Waals surface area contributed by atoms with E-state index in [4.69, 9.17) is 0 Å². The fourth-order valence-electron chi connectivity index (χ4n) is 3.02. The van der Waals surface area contributed by atoms with Crippen molar-refractivity contribution in [2.75, 3.05) is 6.54 Å². The number of aryl methyl sites for hydroxylation is 1. The van der Waals surface area contributed by atoms with Gasteiger partial charge in [-0.15, -0.1) is 0 Å². The van der Waals surface area contributed by atoms with E-state index in [0.29, 0.717) is 6.42 Å². The molecule has 0 aliphatic heterocycles. The Morgan fingerprint density at radius 2 is 1.95 bits per heavy atom. The molecule has 0 fully saturated rings. The topological polar surface area (TPSA) is 36.1 Å². The first-order chi connectivity index (χ1) is 10.5. The molecule has 1 aromatic heterocycles. The molecule has 1 N–H and O–H groups in total. The van der Waals surface area contributed by atoms with Crippen LogP contribution in [0.1, 0.15) is 51.3 Å². The van der Waals surface area contributed by atoms with Crippen LogP contribution in [-0.2, 0) is 11.2 Å². The smallest absolute Gasteiger partial charge is 0.227 e. The zero-order valence-electron chi connectivity index (χ0n) is 14.3. The summed E-state index contributed by atoms with van der Waals surface area (Å²) in [4.78, 5) is 18.2. The molecule has 1 amide bonds. The largest absolute Gasteiger partial charge is 0.358 e. The van der Waals surface area contributed by atoms with E-state index in [1.165, 1.54) is 18.2 Å². The standard InChI is InChI=1S/C19H28N2O/c1-5-6-9-12-21(14(2)3)19(22)13-17-15(4)20-18-11-8-7-10-16(17)18/h7-8,10-11,14,20H,5-6,9,12-13H2,1-4H3. The second-order valence-electron chi connectivity index (χ2n) is 6.34. The number of carbonyl (C=O) groups excluding carboxylic acids is 1. The van der Waals surface area contributed by atoms with E-state index in [2.05, 4.69) is 44.8 Å². The third-order valence-corrected chi connectivity index (χ3v) is 4.30. The number of rotatable bonds is 7. The minimum Gasteiger partial charge on any atom is -0.358 e. The van der Waals surface area contributed by atoms with Crippen molar-refractivity contribution in [2.45, 2.75) is 59.4 Å². The van der Waals surface area contributed by atoms with E-state index in [1.54, 1.807) is 0 Å². The first-order valence-electron chi connectivity index (χ1n) is 8.40. The molecule has 0 aliphatic rings. The summed E-state index contributed by atoms with van der Waals surface area (Å²) in [6, 6.07) is 8.48. The summed E-state index contributed by atoms with van der Waals surface area (Å²) in [5, 5.41) is 1.17. The van der Waals surface area contributed by atoms with Crippen LogP contribution in [0.3, 0.4) is 0 Å². The maximum absolute atomic E-state index is 12.8. The number of fused-ring (bicyclic) bond motifs is 1. The molecule has 0 bridgehead atoms. The number of amides is 1. The Balaban J connectivity index is 2.16. The highest BCUT2D eigenvalue weighted by Crippen LogP contribution is 2.23. The maximum Gasteiger partial charge on any atom is 0.227 e. The van der Waals surface area contributed by atoms with Crippen LogP contribution in [0.25, 0.3) is 10.9 Å². The first-order valence-corrected chi connectivity index (χ1v) is 8.40. The lowest BCUT2D eigenvalue weighted by Crippen LogP contribution is -2.38. The van der Waals surface area contributed by atoms with Crippen molar-refractivity contribution in [1.29, 1.82) is 0 Å². The van der Waals surface area contributed by atoms with Gasteiger partial charge in [0.1, 0.15) is 0 Å². The highest BCUT2D eigenvalue weighted by Gasteiger charge is 2.19. The molecule has 0 saturated carbocycles. The molecule has 1 aromatic carbocycles. The molecule has 3 nitrogen and oxygen atoms in total. The van der Waals surface area contributed by atoms with Crippen LogP contribution in [0, 0.1) is 6.92 Å². The van der Waals surface area contributed by atoms with Crippen LogP contribution < -0.4 is 0 Å². The molecular formula is C19H28N2O. The van der Waals surface area contributed by atoms with Gasteiger partial charge < -0.3 is 9.88 Å². The van der Waals surface area contributed by atoms with Crippen molar-refractivity contribution in [1.82, 2.24) is 9.88 Å². The Hall–Kier alpha value is -1.77. The molecule has 2 rings (SSSR count). The number of aromatic nitrogens is 1. The molecule has 0 unspecified atom stereocenters. The van der Waals surface area contributed by atoms with Crippen LogP contribution in [0.4, 0.5) is 0 Å².